The molecule has 62 valence electrons. The van der Waals surface area contributed by atoms with Gasteiger partial charge in [-0.1, -0.05) is 6.07 Å². The van der Waals surface area contributed by atoms with Crippen LogP contribution in [0.2, 0.25) is 0 Å². The number of oxazole rings is 1. The van der Waals surface area contributed by atoms with E-state index in [-0.39, 0.29) is 0 Å². The first kappa shape index (κ1) is 7.89. The Labute approximate surface area is 79.7 Å². The number of aryl methyl sites for hydroxylation is 1. The number of thiol groups is 1. The molecule has 0 bridgehead atoms. The summed E-state index contributed by atoms with van der Waals surface area (Å²) in [5.74, 6) is 1.43. The molecule has 0 amide bonds. The summed E-state index contributed by atoms with van der Waals surface area (Å²) in [6, 6.07) is 3.95. The largest absolute Gasteiger partial charge is 0.440 e. The SMILES string of the molecule is Cc1oc(-c2cccs2)nc1S. The molecule has 0 aliphatic heterocycles. The fourth-order valence-corrected chi connectivity index (χ4v) is 1.68. The van der Waals surface area contributed by atoms with Gasteiger partial charge >= 0.3 is 0 Å². The van der Waals surface area contributed by atoms with Gasteiger partial charge in [-0.05, 0) is 18.4 Å². The van der Waals surface area contributed by atoms with Crippen LogP contribution in [0.15, 0.2) is 27.0 Å². The molecule has 0 spiro atoms. The molecule has 4 heteroatoms. The third-order valence-corrected chi connectivity index (χ3v) is 2.78. The first-order valence-electron chi connectivity index (χ1n) is 3.47. The van der Waals surface area contributed by atoms with Crippen molar-refractivity contribution < 1.29 is 4.42 Å². The summed E-state index contributed by atoms with van der Waals surface area (Å²) in [5.41, 5.74) is 0. The predicted molar refractivity (Wildman–Crippen MR) is 51.8 cm³/mol. The van der Waals surface area contributed by atoms with Gasteiger partial charge in [0.15, 0.2) is 0 Å². The number of aromatic nitrogens is 1. The van der Waals surface area contributed by atoms with Crippen LogP contribution in [0.4, 0.5) is 0 Å². The van der Waals surface area contributed by atoms with Gasteiger partial charge in [-0.25, -0.2) is 4.98 Å². The summed E-state index contributed by atoms with van der Waals surface area (Å²) in [5, 5.41) is 2.66. The molecule has 0 N–H and O–H groups in total. The summed E-state index contributed by atoms with van der Waals surface area (Å²) in [4.78, 5) is 5.20. The summed E-state index contributed by atoms with van der Waals surface area (Å²) in [6.45, 7) is 1.85. The van der Waals surface area contributed by atoms with Crippen molar-refractivity contribution in [2.24, 2.45) is 0 Å². The van der Waals surface area contributed by atoms with E-state index in [0.717, 1.165) is 10.6 Å². The van der Waals surface area contributed by atoms with E-state index in [1.807, 2.05) is 24.4 Å². The van der Waals surface area contributed by atoms with Crippen LogP contribution >= 0.6 is 24.0 Å². The maximum absolute atomic E-state index is 5.38. The lowest BCUT2D eigenvalue weighted by Crippen LogP contribution is -1.68. The van der Waals surface area contributed by atoms with Crippen LogP contribution in [-0.4, -0.2) is 4.98 Å². The van der Waals surface area contributed by atoms with Gasteiger partial charge in [0, 0.05) is 0 Å². The standard InChI is InChI=1S/C8H7NOS2/c1-5-8(11)9-7(10-5)6-3-2-4-12-6/h2-4,11H,1H3. The second kappa shape index (κ2) is 2.95. The van der Waals surface area contributed by atoms with Gasteiger partial charge in [-0.2, -0.15) is 0 Å². The summed E-state index contributed by atoms with van der Waals surface area (Å²) >= 11 is 5.76. The van der Waals surface area contributed by atoms with Crippen LogP contribution in [0, 0.1) is 6.92 Å². The van der Waals surface area contributed by atoms with Crippen molar-refractivity contribution in [1.82, 2.24) is 4.98 Å². The minimum atomic E-state index is 0.660. The summed E-state index contributed by atoms with van der Waals surface area (Å²) in [7, 11) is 0. The summed E-state index contributed by atoms with van der Waals surface area (Å²) < 4.78 is 5.38. The van der Waals surface area contributed by atoms with Gasteiger partial charge in [0.2, 0.25) is 5.89 Å². The number of nitrogens with zero attached hydrogens (tertiary/aromatic N) is 1. The molecule has 0 saturated heterocycles. The molecule has 0 radical (unpaired) electrons. The quantitative estimate of drug-likeness (QED) is 0.711. The van der Waals surface area contributed by atoms with E-state index in [2.05, 4.69) is 17.6 Å². The molecule has 0 fully saturated rings. The molecule has 0 aromatic carbocycles. The Morgan fingerprint density at radius 1 is 1.58 bits per heavy atom. The highest BCUT2D eigenvalue weighted by Crippen LogP contribution is 2.26. The Morgan fingerprint density at radius 3 is 2.92 bits per heavy atom. The first-order valence-corrected chi connectivity index (χ1v) is 4.80. The zero-order chi connectivity index (χ0) is 8.55. The molecular weight excluding hydrogens is 190 g/mol. The lowest BCUT2D eigenvalue weighted by atomic mass is 10.5. The Bertz CT molecular complexity index is 358. The maximum atomic E-state index is 5.38. The molecule has 0 saturated carbocycles. The molecule has 12 heavy (non-hydrogen) atoms. The van der Waals surface area contributed by atoms with Crippen LogP contribution in [0.1, 0.15) is 5.76 Å². The van der Waals surface area contributed by atoms with Crippen molar-refractivity contribution in [3.05, 3.63) is 23.3 Å². The van der Waals surface area contributed by atoms with Gasteiger partial charge in [0.05, 0.1) is 4.88 Å². The first-order chi connectivity index (χ1) is 5.77. The molecule has 0 atom stereocenters. The Balaban J connectivity index is 2.48. The van der Waals surface area contributed by atoms with Gasteiger partial charge in [-0.3, -0.25) is 0 Å². The predicted octanol–water partition coefficient (Wildman–Crippen LogP) is 3.00. The zero-order valence-corrected chi connectivity index (χ0v) is 8.15. The highest BCUT2D eigenvalue weighted by Gasteiger charge is 2.08. The fourth-order valence-electron chi connectivity index (χ4n) is 0.894. The number of hydrogen-bond donors (Lipinski definition) is 1. The maximum Gasteiger partial charge on any atom is 0.237 e. The van der Waals surface area contributed by atoms with E-state index >= 15 is 0 Å². The molecule has 2 rings (SSSR count). The Morgan fingerprint density at radius 2 is 2.42 bits per heavy atom. The minimum absolute atomic E-state index is 0.660. The van der Waals surface area contributed by atoms with Crippen LogP contribution in [0.3, 0.4) is 0 Å². The van der Waals surface area contributed by atoms with Crippen molar-refractivity contribution in [3.8, 4) is 10.8 Å². The van der Waals surface area contributed by atoms with Crippen LogP contribution in [-0.2, 0) is 0 Å². The average Bonchev–Trinajstić information content (AvgIpc) is 2.61. The lowest BCUT2D eigenvalue weighted by Gasteiger charge is -1.84. The number of rotatable bonds is 1. The Hall–Kier alpha value is -0.740. The third-order valence-electron chi connectivity index (χ3n) is 1.50. The molecule has 2 aromatic heterocycles. The van der Waals surface area contributed by atoms with Crippen LogP contribution < -0.4 is 0 Å². The van der Waals surface area contributed by atoms with Gasteiger partial charge in [0.1, 0.15) is 10.8 Å². The van der Waals surface area contributed by atoms with E-state index < -0.39 is 0 Å². The highest BCUT2D eigenvalue weighted by atomic mass is 32.1. The van der Waals surface area contributed by atoms with Gasteiger partial charge in [-0.15, -0.1) is 24.0 Å². The van der Waals surface area contributed by atoms with Crippen molar-refractivity contribution in [1.29, 1.82) is 0 Å². The second-order valence-electron chi connectivity index (χ2n) is 2.38. The zero-order valence-electron chi connectivity index (χ0n) is 6.44. The molecule has 2 aromatic rings. The molecule has 2 heterocycles. The van der Waals surface area contributed by atoms with Crippen molar-refractivity contribution in [2.45, 2.75) is 11.9 Å². The van der Waals surface area contributed by atoms with Crippen LogP contribution in [0.25, 0.3) is 10.8 Å². The van der Waals surface area contributed by atoms with Crippen molar-refractivity contribution in [2.75, 3.05) is 0 Å². The molecule has 0 aliphatic rings. The third kappa shape index (κ3) is 1.28. The van der Waals surface area contributed by atoms with E-state index in [1.165, 1.54) is 0 Å². The van der Waals surface area contributed by atoms with E-state index in [0.29, 0.717) is 10.9 Å². The number of hydrogen-bond acceptors (Lipinski definition) is 4. The minimum Gasteiger partial charge on any atom is -0.440 e. The van der Waals surface area contributed by atoms with E-state index in [9.17, 15) is 0 Å². The fraction of sp³-hybridized carbons (Fsp3) is 0.125. The van der Waals surface area contributed by atoms with Gasteiger partial charge < -0.3 is 4.42 Å². The second-order valence-corrected chi connectivity index (χ2v) is 3.75. The topological polar surface area (TPSA) is 26.0 Å². The molecule has 0 unspecified atom stereocenters. The average molecular weight is 197 g/mol. The monoisotopic (exact) mass is 197 g/mol. The van der Waals surface area contributed by atoms with Crippen molar-refractivity contribution in [3.63, 3.8) is 0 Å². The highest BCUT2D eigenvalue weighted by molar-refractivity contribution is 7.80. The van der Waals surface area contributed by atoms with Crippen molar-refractivity contribution >= 4 is 24.0 Å². The smallest absolute Gasteiger partial charge is 0.237 e. The lowest BCUT2D eigenvalue weighted by molar-refractivity contribution is 0.538. The summed E-state index contributed by atoms with van der Waals surface area (Å²) in [6.07, 6.45) is 0. The normalized spacial score (nSPS) is 10.5. The molecule has 2 nitrogen and oxygen atoms in total. The Kier molecular flexibility index (Phi) is 1.94. The van der Waals surface area contributed by atoms with E-state index in [4.69, 9.17) is 4.42 Å². The van der Waals surface area contributed by atoms with Crippen LogP contribution in [0.5, 0.6) is 0 Å². The number of thiophene rings is 1. The van der Waals surface area contributed by atoms with E-state index in [1.54, 1.807) is 11.3 Å². The van der Waals surface area contributed by atoms with Gasteiger partial charge in [0.25, 0.3) is 0 Å². The molecular formula is C8H7NOS2. The molecule has 0 aliphatic carbocycles.